The first-order valence-corrected chi connectivity index (χ1v) is 9.71. The lowest BCUT2D eigenvalue weighted by Crippen LogP contribution is -2.33. The molecule has 0 saturated heterocycles. The van der Waals surface area contributed by atoms with Gasteiger partial charge in [-0.05, 0) is 56.4 Å². The van der Waals surface area contributed by atoms with Crippen molar-refractivity contribution >= 4 is 17.0 Å². The average Bonchev–Trinajstić information content (AvgIpc) is 3.13. The van der Waals surface area contributed by atoms with Crippen molar-refractivity contribution in [3.05, 3.63) is 44.1 Å². The summed E-state index contributed by atoms with van der Waals surface area (Å²) >= 11 is 0. The highest BCUT2D eigenvalue weighted by atomic mass is 16.4. The van der Waals surface area contributed by atoms with Crippen molar-refractivity contribution in [2.45, 2.75) is 45.7 Å². The number of aliphatic carboxylic acids is 1. The predicted molar refractivity (Wildman–Crippen MR) is 107 cm³/mol. The third-order valence-corrected chi connectivity index (χ3v) is 5.77. The molecule has 2 atom stereocenters. The fourth-order valence-corrected chi connectivity index (χ4v) is 4.05. The molecule has 3 N–H and O–H groups in total. The highest BCUT2D eigenvalue weighted by molar-refractivity contribution is 5.81. The molecule has 9 heteroatoms. The number of H-pyrrole nitrogens is 1. The fourth-order valence-electron chi connectivity index (χ4n) is 4.05. The fraction of sp³-hybridized carbons (Fsp3) is 0.450. The third-order valence-electron chi connectivity index (χ3n) is 5.77. The Morgan fingerprint density at radius 1 is 1.24 bits per heavy atom. The van der Waals surface area contributed by atoms with E-state index in [1.54, 1.807) is 0 Å². The zero-order chi connectivity index (χ0) is 20.7. The maximum atomic E-state index is 12.3. The second kappa shape index (κ2) is 7.40. The summed E-state index contributed by atoms with van der Waals surface area (Å²) in [6.45, 7) is 5.01. The van der Waals surface area contributed by atoms with Crippen LogP contribution in [0.3, 0.4) is 0 Å². The predicted octanol–water partition coefficient (Wildman–Crippen LogP) is 1.04. The minimum atomic E-state index is -0.743. The molecular formula is C20H23N5O4. The van der Waals surface area contributed by atoms with Crippen molar-refractivity contribution in [1.82, 2.24) is 24.8 Å². The van der Waals surface area contributed by atoms with Gasteiger partial charge in [-0.2, -0.15) is 4.98 Å². The third kappa shape index (κ3) is 3.65. The Hall–Kier alpha value is -3.07. The Balaban J connectivity index is 1.69. The molecule has 1 aliphatic carbocycles. The summed E-state index contributed by atoms with van der Waals surface area (Å²) in [4.78, 5) is 45.9. The Kier molecular flexibility index (Phi) is 4.91. The molecule has 4 rings (SSSR count). The summed E-state index contributed by atoms with van der Waals surface area (Å²) in [7, 11) is 0. The number of fused-ring (bicyclic) bond motifs is 2. The van der Waals surface area contributed by atoms with Gasteiger partial charge in [-0.15, -0.1) is 0 Å². The second-order valence-electron chi connectivity index (χ2n) is 7.73. The zero-order valence-corrected chi connectivity index (χ0v) is 16.4. The molecule has 3 aliphatic rings. The molecule has 1 fully saturated rings. The van der Waals surface area contributed by atoms with Crippen LogP contribution >= 0.6 is 0 Å². The normalized spacial score (nSPS) is 19.2. The molecule has 1 aromatic carbocycles. The van der Waals surface area contributed by atoms with Gasteiger partial charge in [-0.1, -0.05) is 0 Å². The second-order valence-corrected chi connectivity index (χ2v) is 7.73. The molecule has 152 valence electrons. The van der Waals surface area contributed by atoms with Gasteiger partial charge in [0.05, 0.1) is 17.0 Å². The van der Waals surface area contributed by atoms with Gasteiger partial charge >= 0.3 is 11.7 Å². The molecule has 0 aromatic heterocycles. The smallest absolute Gasteiger partial charge is 0.349 e. The van der Waals surface area contributed by atoms with Crippen LogP contribution in [0.1, 0.15) is 30.4 Å². The number of hydrogen-bond acceptors (Lipinski definition) is 6. The van der Waals surface area contributed by atoms with Crippen molar-refractivity contribution < 1.29 is 9.90 Å². The van der Waals surface area contributed by atoms with E-state index in [1.807, 2.05) is 30.5 Å². The number of carboxylic acids is 1. The van der Waals surface area contributed by atoms with Gasteiger partial charge in [0.2, 0.25) is 0 Å². The number of carbonyl (C=O) groups is 1. The molecule has 2 aliphatic heterocycles. The Morgan fingerprint density at radius 2 is 2.00 bits per heavy atom. The maximum Gasteiger partial charge on any atom is 0.349 e. The molecular weight excluding hydrogens is 374 g/mol. The SMILES string of the molecule is Cc1cc2nc3c(=O)[nH]c(=O)nc-3n(CCN[C@@H]3CC[C@@H](C(=O)O)C3)c2cc1C. The minimum absolute atomic E-state index is 0.132. The van der Waals surface area contributed by atoms with Gasteiger partial charge in [0, 0.05) is 19.1 Å². The summed E-state index contributed by atoms with van der Waals surface area (Å²) in [6, 6.07) is 4.06. The summed E-state index contributed by atoms with van der Waals surface area (Å²) in [6.07, 6.45) is 2.11. The minimum Gasteiger partial charge on any atom is -0.481 e. The van der Waals surface area contributed by atoms with Gasteiger partial charge in [-0.3, -0.25) is 14.6 Å². The van der Waals surface area contributed by atoms with Crippen molar-refractivity contribution in [1.29, 1.82) is 0 Å². The summed E-state index contributed by atoms with van der Waals surface area (Å²) in [5.41, 5.74) is 2.48. The molecule has 0 bridgehead atoms. The molecule has 1 aromatic rings. The maximum absolute atomic E-state index is 12.3. The lowest BCUT2D eigenvalue weighted by atomic mass is 10.1. The zero-order valence-electron chi connectivity index (χ0n) is 16.4. The number of rotatable bonds is 5. The van der Waals surface area contributed by atoms with Crippen LogP contribution in [0.4, 0.5) is 0 Å². The Labute approximate surface area is 166 Å². The van der Waals surface area contributed by atoms with Gasteiger partial charge in [0.25, 0.3) is 5.56 Å². The van der Waals surface area contributed by atoms with E-state index in [0.717, 1.165) is 23.1 Å². The number of nitrogens with zero attached hydrogens (tertiary/aromatic N) is 3. The van der Waals surface area contributed by atoms with Crippen molar-refractivity contribution in [2.75, 3.05) is 6.54 Å². The van der Waals surface area contributed by atoms with Crippen LogP contribution in [0.25, 0.3) is 22.6 Å². The van der Waals surface area contributed by atoms with Crippen LogP contribution in [0.15, 0.2) is 21.7 Å². The number of nitrogens with one attached hydrogen (secondary N) is 2. The number of aryl methyl sites for hydroxylation is 2. The van der Waals surface area contributed by atoms with E-state index in [2.05, 4.69) is 20.3 Å². The van der Waals surface area contributed by atoms with E-state index in [1.165, 1.54) is 0 Å². The molecule has 0 amide bonds. The summed E-state index contributed by atoms with van der Waals surface area (Å²) < 4.78 is 1.84. The molecule has 0 spiro atoms. The largest absolute Gasteiger partial charge is 0.481 e. The molecule has 2 heterocycles. The van der Waals surface area contributed by atoms with E-state index in [9.17, 15) is 14.4 Å². The van der Waals surface area contributed by atoms with E-state index in [4.69, 9.17) is 5.11 Å². The van der Waals surface area contributed by atoms with Crippen LogP contribution in [0.2, 0.25) is 0 Å². The Bertz CT molecular complexity index is 1180. The van der Waals surface area contributed by atoms with Crippen LogP contribution < -0.4 is 16.6 Å². The van der Waals surface area contributed by atoms with E-state index < -0.39 is 17.2 Å². The monoisotopic (exact) mass is 397 g/mol. The van der Waals surface area contributed by atoms with E-state index in [-0.39, 0.29) is 23.5 Å². The summed E-state index contributed by atoms with van der Waals surface area (Å²) in [5, 5.41) is 12.6. The van der Waals surface area contributed by atoms with Crippen molar-refractivity contribution in [3.63, 3.8) is 0 Å². The number of hydrogen-bond donors (Lipinski definition) is 3. The number of aromatic nitrogens is 4. The first-order chi connectivity index (χ1) is 13.8. The molecule has 0 unspecified atom stereocenters. The van der Waals surface area contributed by atoms with Gasteiger partial charge in [-0.25, -0.2) is 9.78 Å². The number of carboxylic acid groups (broad SMARTS) is 1. The standard InChI is InChI=1S/C20H23N5O4/c1-10-7-14-15(8-11(10)2)25(17-16(22-14)18(26)24-20(29)23-17)6-5-21-13-4-3-12(9-13)19(27)28/h7-8,12-13,21H,3-6,9H2,1-2H3,(H,27,28)(H,24,26,29)/t12-,13-/m1/s1. The van der Waals surface area contributed by atoms with Crippen LogP contribution in [-0.4, -0.2) is 43.2 Å². The quantitative estimate of drug-likeness (QED) is 0.549. The first-order valence-electron chi connectivity index (χ1n) is 9.71. The van der Waals surface area contributed by atoms with Crippen LogP contribution in [0.5, 0.6) is 0 Å². The molecule has 0 radical (unpaired) electrons. The highest BCUT2D eigenvalue weighted by Gasteiger charge is 2.29. The van der Waals surface area contributed by atoms with Gasteiger partial charge in [0.15, 0.2) is 11.5 Å². The topological polar surface area (TPSA) is 130 Å². The van der Waals surface area contributed by atoms with Crippen molar-refractivity contribution in [3.8, 4) is 11.5 Å². The van der Waals surface area contributed by atoms with Gasteiger partial charge in [0.1, 0.15) is 0 Å². The average molecular weight is 397 g/mol. The number of aromatic amines is 1. The molecule has 9 nitrogen and oxygen atoms in total. The lowest BCUT2D eigenvalue weighted by Gasteiger charge is -2.19. The highest BCUT2D eigenvalue weighted by Crippen LogP contribution is 2.26. The first kappa shape index (κ1) is 19.3. The van der Waals surface area contributed by atoms with Crippen LogP contribution in [-0.2, 0) is 11.3 Å². The van der Waals surface area contributed by atoms with E-state index in [0.29, 0.717) is 31.4 Å². The molecule has 1 saturated carbocycles. The number of benzene rings is 1. The van der Waals surface area contributed by atoms with E-state index >= 15 is 0 Å². The summed E-state index contributed by atoms with van der Waals surface area (Å²) in [5.74, 6) is -0.783. The van der Waals surface area contributed by atoms with Gasteiger partial charge < -0.3 is 15.0 Å². The lowest BCUT2D eigenvalue weighted by molar-refractivity contribution is -0.141. The van der Waals surface area contributed by atoms with Crippen molar-refractivity contribution in [2.24, 2.45) is 5.92 Å². The molecule has 29 heavy (non-hydrogen) atoms. The Morgan fingerprint density at radius 3 is 2.72 bits per heavy atom. The van der Waals surface area contributed by atoms with Crippen LogP contribution in [0, 0.1) is 19.8 Å².